The number of esters is 2. The number of hydrogen-bond acceptors (Lipinski definition) is 5. The third-order valence-corrected chi connectivity index (χ3v) is 3.31. The largest absolute Gasteiger partial charge is 0.482 e. The van der Waals surface area contributed by atoms with Crippen LogP contribution < -0.4 is 9.47 Å². The van der Waals surface area contributed by atoms with Crippen molar-refractivity contribution in [3.05, 3.63) is 59.7 Å². The van der Waals surface area contributed by atoms with Crippen molar-refractivity contribution in [2.24, 2.45) is 5.92 Å². The van der Waals surface area contributed by atoms with E-state index in [0.29, 0.717) is 23.7 Å². The van der Waals surface area contributed by atoms with Crippen molar-refractivity contribution in [1.29, 1.82) is 0 Å². The van der Waals surface area contributed by atoms with E-state index >= 15 is 0 Å². The number of carbonyl (C=O) groups excluding carboxylic acids is 2. The van der Waals surface area contributed by atoms with E-state index in [4.69, 9.17) is 14.2 Å². The van der Waals surface area contributed by atoms with E-state index in [1.54, 1.807) is 30.3 Å². The molecule has 0 aliphatic carbocycles. The molecule has 0 bridgehead atoms. The highest BCUT2D eigenvalue weighted by Crippen LogP contribution is 2.17. The molecule has 5 heteroatoms. The molecule has 0 N–H and O–H groups in total. The summed E-state index contributed by atoms with van der Waals surface area (Å²) < 4.78 is 15.8. The van der Waals surface area contributed by atoms with Crippen LogP contribution >= 0.6 is 0 Å². The second kappa shape index (κ2) is 8.87. The highest BCUT2D eigenvalue weighted by molar-refractivity contribution is 5.89. The van der Waals surface area contributed by atoms with E-state index in [2.05, 4.69) is 0 Å². The first-order chi connectivity index (χ1) is 12.0. The Bertz CT molecular complexity index is 719. The van der Waals surface area contributed by atoms with Gasteiger partial charge in [-0.15, -0.1) is 0 Å². The van der Waals surface area contributed by atoms with Crippen LogP contribution in [0.1, 0.15) is 29.8 Å². The molecule has 0 fully saturated rings. The summed E-state index contributed by atoms with van der Waals surface area (Å²) in [4.78, 5) is 23.7. The van der Waals surface area contributed by atoms with E-state index in [1.165, 1.54) is 0 Å². The molecule has 132 valence electrons. The number of ether oxygens (including phenoxy) is 3. The summed E-state index contributed by atoms with van der Waals surface area (Å²) in [6, 6.07) is 13.7. The van der Waals surface area contributed by atoms with E-state index in [9.17, 15) is 9.59 Å². The average molecular weight is 342 g/mol. The molecule has 0 radical (unpaired) electrons. The monoisotopic (exact) mass is 342 g/mol. The Morgan fingerprint density at radius 1 is 1.00 bits per heavy atom. The highest BCUT2D eigenvalue weighted by Gasteiger charge is 2.10. The van der Waals surface area contributed by atoms with Crippen LogP contribution in [-0.4, -0.2) is 25.2 Å². The van der Waals surface area contributed by atoms with Crippen molar-refractivity contribution >= 4 is 11.9 Å². The van der Waals surface area contributed by atoms with Gasteiger partial charge in [0.2, 0.25) is 0 Å². The molecule has 5 nitrogen and oxygen atoms in total. The molecule has 0 aliphatic rings. The molecule has 0 amide bonds. The van der Waals surface area contributed by atoms with Crippen LogP contribution in [0.2, 0.25) is 0 Å². The normalized spacial score (nSPS) is 10.4. The van der Waals surface area contributed by atoms with Crippen LogP contribution in [-0.2, 0) is 9.53 Å². The molecule has 25 heavy (non-hydrogen) atoms. The Morgan fingerprint density at radius 3 is 2.32 bits per heavy atom. The SMILES string of the molecule is Cc1ccccc1OCC(=O)Oc1ccc(C(=O)OCC(C)C)cc1. The summed E-state index contributed by atoms with van der Waals surface area (Å²) in [5.41, 5.74) is 1.36. The van der Waals surface area contributed by atoms with Gasteiger partial charge in [-0.3, -0.25) is 0 Å². The molecule has 0 atom stereocenters. The lowest BCUT2D eigenvalue weighted by atomic mass is 10.2. The Kier molecular flexibility index (Phi) is 6.57. The molecule has 0 saturated heterocycles. The van der Waals surface area contributed by atoms with Crippen LogP contribution in [0, 0.1) is 12.8 Å². The predicted molar refractivity (Wildman–Crippen MR) is 93.9 cm³/mol. The molecular formula is C20H22O5. The molecule has 0 aliphatic heterocycles. The first-order valence-electron chi connectivity index (χ1n) is 8.12. The summed E-state index contributed by atoms with van der Waals surface area (Å²) >= 11 is 0. The van der Waals surface area contributed by atoms with Crippen molar-refractivity contribution in [1.82, 2.24) is 0 Å². The van der Waals surface area contributed by atoms with Gasteiger partial charge in [0.25, 0.3) is 0 Å². The van der Waals surface area contributed by atoms with Crippen molar-refractivity contribution in [2.75, 3.05) is 13.2 Å². The van der Waals surface area contributed by atoms with E-state index in [0.717, 1.165) is 5.56 Å². The van der Waals surface area contributed by atoms with E-state index in [1.807, 2.05) is 39.0 Å². The first-order valence-corrected chi connectivity index (χ1v) is 8.12. The minimum absolute atomic E-state index is 0.191. The van der Waals surface area contributed by atoms with Gasteiger partial charge in [-0.05, 0) is 48.7 Å². The highest BCUT2D eigenvalue weighted by atomic mass is 16.6. The van der Waals surface area contributed by atoms with Gasteiger partial charge in [-0.1, -0.05) is 32.0 Å². The lowest BCUT2D eigenvalue weighted by molar-refractivity contribution is -0.136. The molecular weight excluding hydrogens is 320 g/mol. The lowest BCUT2D eigenvalue weighted by Crippen LogP contribution is -2.18. The maximum absolute atomic E-state index is 11.9. The van der Waals surface area contributed by atoms with E-state index in [-0.39, 0.29) is 12.5 Å². The van der Waals surface area contributed by atoms with E-state index < -0.39 is 11.9 Å². The van der Waals surface area contributed by atoms with Crippen LogP contribution in [0.3, 0.4) is 0 Å². The van der Waals surface area contributed by atoms with Crippen molar-refractivity contribution in [3.63, 3.8) is 0 Å². The maximum atomic E-state index is 11.9. The summed E-state index contributed by atoms with van der Waals surface area (Å²) in [6.07, 6.45) is 0. The summed E-state index contributed by atoms with van der Waals surface area (Å²) in [5.74, 6) is 0.353. The molecule has 0 spiro atoms. The molecule has 2 aromatic rings. The molecule has 2 aromatic carbocycles. The standard InChI is InChI=1S/C20H22O5/c1-14(2)12-24-20(22)16-8-10-17(11-9-16)25-19(21)13-23-18-7-5-4-6-15(18)3/h4-11,14H,12-13H2,1-3H3. The van der Waals surface area contributed by atoms with Gasteiger partial charge in [-0.2, -0.15) is 0 Å². The van der Waals surface area contributed by atoms with Crippen LogP contribution in [0.15, 0.2) is 48.5 Å². The van der Waals surface area contributed by atoms with Gasteiger partial charge in [0.15, 0.2) is 6.61 Å². The number of carbonyl (C=O) groups is 2. The fraction of sp³-hybridized carbons (Fsp3) is 0.300. The Labute approximate surface area is 147 Å². The Hall–Kier alpha value is -2.82. The summed E-state index contributed by atoms with van der Waals surface area (Å²) in [6.45, 7) is 6.01. The molecule has 2 rings (SSSR count). The fourth-order valence-electron chi connectivity index (χ4n) is 2.00. The smallest absolute Gasteiger partial charge is 0.349 e. The van der Waals surface area contributed by atoms with Crippen LogP contribution in [0.25, 0.3) is 0 Å². The number of rotatable bonds is 7. The van der Waals surface area contributed by atoms with Gasteiger partial charge in [0.1, 0.15) is 11.5 Å². The van der Waals surface area contributed by atoms with Crippen LogP contribution in [0.4, 0.5) is 0 Å². The third-order valence-electron chi connectivity index (χ3n) is 3.31. The lowest BCUT2D eigenvalue weighted by Gasteiger charge is -2.09. The third kappa shape index (κ3) is 5.95. The molecule has 0 saturated carbocycles. The molecule has 0 heterocycles. The summed E-state index contributed by atoms with van der Waals surface area (Å²) in [7, 11) is 0. The van der Waals surface area contributed by atoms with Crippen LogP contribution in [0.5, 0.6) is 11.5 Å². The average Bonchev–Trinajstić information content (AvgIpc) is 2.59. The second-order valence-electron chi connectivity index (χ2n) is 6.04. The zero-order chi connectivity index (χ0) is 18.2. The minimum Gasteiger partial charge on any atom is -0.482 e. The van der Waals surface area contributed by atoms with Gasteiger partial charge < -0.3 is 14.2 Å². The van der Waals surface area contributed by atoms with Gasteiger partial charge in [0.05, 0.1) is 12.2 Å². The van der Waals surface area contributed by atoms with Gasteiger partial charge in [-0.25, -0.2) is 9.59 Å². The van der Waals surface area contributed by atoms with Crippen molar-refractivity contribution in [2.45, 2.75) is 20.8 Å². The predicted octanol–water partition coefficient (Wildman–Crippen LogP) is 3.79. The maximum Gasteiger partial charge on any atom is 0.349 e. The van der Waals surface area contributed by atoms with Crippen molar-refractivity contribution in [3.8, 4) is 11.5 Å². The fourth-order valence-corrected chi connectivity index (χ4v) is 2.00. The number of aryl methyl sites for hydroxylation is 1. The second-order valence-corrected chi connectivity index (χ2v) is 6.04. The first kappa shape index (κ1) is 18.5. The number of benzene rings is 2. The number of hydrogen-bond donors (Lipinski definition) is 0. The zero-order valence-corrected chi connectivity index (χ0v) is 14.7. The number of para-hydroxylation sites is 1. The van der Waals surface area contributed by atoms with Gasteiger partial charge in [0, 0.05) is 0 Å². The summed E-state index contributed by atoms with van der Waals surface area (Å²) in [5, 5.41) is 0. The quantitative estimate of drug-likeness (QED) is 0.566. The van der Waals surface area contributed by atoms with Gasteiger partial charge >= 0.3 is 11.9 Å². The Morgan fingerprint density at radius 2 is 1.68 bits per heavy atom. The topological polar surface area (TPSA) is 61.8 Å². The molecule has 0 unspecified atom stereocenters. The minimum atomic E-state index is -0.515. The zero-order valence-electron chi connectivity index (χ0n) is 14.7. The van der Waals surface area contributed by atoms with Crippen molar-refractivity contribution < 1.29 is 23.8 Å². The Balaban J connectivity index is 1.85. The molecule has 0 aromatic heterocycles.